The van der Waals surface area contributed by atoms with Gasteiger partial charge in [-0.15, -0.1) is 0 Å². The largest absolute Gasteiger partial charge is 0.458 e. The molecular weight excluding hydrogens is 316 g/mol. The standard InChI is InChI=1S/C19H24N4O2/c1-3-8-25-18(24)15-12-21-16(10-20)23-17(15)22-11-14-4-6-19(7-5-14)9-13(19)2/h3,12-14H,1,4-9,11H2,2H3,(H,21,22,23). The van der Waals surface area contributed by atoms with Crippen molar-refractivity contribution in [1.82, 2.24) is 9.97 Å². The lowest BCUT2D eigenvalue weighted by Crippen LogP contribution is -2.24. The molecule has 1 atom stereocenters. The van der Waals surface area contributed by atoms with Crippen LogP contribution in [0.1, 0.15) is 55.2 Å². The van der Waals surface area contributed by atoms with E-state index in [1.54, 1.807) is 0 Å². The van der Waals surface area contributed by atoms with Crippen LogP contribution in [-0.2, 0) is 4.74 Å². The van der Waals surface area contributed by atoms with E-state index in [9.17, 15) is 4.79 Å². The predicted molar refractivity (Wildman–Crippen MR) is 93.9 cm³/mol. The van der Waals surface area contributed by atoms with E-state index in [2.05, 4.69) is 28.8 Å². The van der Waals surface area contributed by atoms with Crippen LogP contribution in [0.2, 0.25) is 0 Å². The van der Waals surface area contributed by atoms with E-state index < -0.39 is 5.97 Å². The van der Waals surface area contributed by atoms with Gasteiger partial charge in [0.15, 0.2) is 0 Å². The summed E-state index contributed by atoms with van der Waals surface area (Å²) in [6.07, 6.45) is 9.22. The first-order valence-corrected chi connectivity index (χ1v) is 8.87. The first kappa shape index (κ1) is 17.4. The first-order valence-electron chi connectivity index (χ1n) is 8.87. The zero-order chi connectivity index (χ0) is 17.9. The number of hydrogen-bond donors (Lipinski definition) is 1. The van der Waals surface area contributed by atoms with Crippen molar-refractivity contribution in [3.8, 4) is 6.07 Å². The lowest BCUT2D eigenvalue weighted by molar-refractivity contribution is 0.0550. The SMILES string of the molecule is C=CCOC(=O)c1cnc(C#N)nc1NCC1CCC2(CC1)CC2C. The zero-order valence-electron chi connectivity index (χ0n) is 14.6. The Morgan fingerprint density at radius 3 is 2.88 bits per heavy atom. The zero-order valence-corrected chi connectivity index (χ0v) is 14.6. The summed E-state index contributed by atoms with van der Waals surface area (Å²) in [5.74, 6) is 1.35. The smallest absolute Gasteiger partial charge is 0.343 e. The molecule has 3 rings (SSSR count). The van der Waals surface area contributed by atoms with Gasteiger partial charge in [0, 0.05) is 12.7 Å². The van der Waals surface area contributed by atoms with Crippen LogP contribution in [0, 0.1) is 28.6 Å². The minimum Gasteiger partial charge on any atom is -0.458 e. The van der Waals surface area contributed by atoms with Gasteiger partial charge in [-0.05, 0) is 49.4 Å². The summed E-state index contributed by atoms with van der Waals surface area (Å²) < 4.78 is 5.07. The molecule has 2 aliphatic rings. The van der Waals surface area contributed by atoms with Gasteiger partial charge in [-0.3, -0.25) is 0 Å². The molecule has 1 heterocycles. The van der Waals surface area contributed by atoms with E-state index in [0.717, 1.165) is 12.5 Å². The van der Waals surface area contributed by atoms with E-state index in [-0.39, 0.29) is 18.0 Å². The van der Waals surface area contributed by atoms with Gasteiger partial charge >= 0.3 is 5.97 Å². The number of carbonyl (C=O) groups is 1. The highest BCUT2D eigenvalue weighted by Gasteiger charge is 2.51. The van der Waals surface area contributed by atoms with Crippen LogP contribution in [0.15, 0.2) is 18.9 Å². The lowest BCUT2D eigenvalue weighted by Gasteiger charge is -2.29. The van der Waals surface area contributed by atoms with Gasteiger partial charge < -0.3 is 10.1 Å². The van der Waals surface area contributed by atoms with Crippen molar-refractivity contribution in [3.05, 3.63) is 30.2 Å². The monoisotopic (exact) mass is 340 g/mol. The van der Waals surface area contributed by atoms with E-state index in [0.29, 0.717) is 17.2 Å². The maximum Gasteiger partial charge on any atom is 0.343 e. The van der Waals surface area contributed by atoms with Crippen LogP contribution in [0.5, 0.6) is 0 Å². The average molecular weight is 340 g/mol. The molecule has 0 bridgehead atoms. The van der Waals surface area contributed by atoms with E-state index in [4.69, 9.17) is 10.00 Å². The molecule has 0 aliphatic heterocycles. The number of rotatable bonds is 6. The number of hydrogen-bond acceptors (Lipinski definition) is 6. The quantitative estimate of drug-likeness (QED) is 0.631. The normalized spacial score (nSPS) is 27.4. The van der Waals surface area contributed by atoms with Crippen molar-refractivity contribution >= 4 is 11.8 Å². The Kier molecular flexibility index (Phi) is 5.03. The third-order valence-electron chi connectivity index (χ3n) is 5.70. The fourth-order valence-corrected chi connectivity index (χ4v) is 3.88. The van der Waals surface area contributed by atoms with Crippen molar-refractivity contribution in [1.29, 1.82) is 5.26 Å². The summed E-state index contributed by atoms with van der Waals surface area (Å²) in [5.41, 5.74) is 0.878. The van der Waals surface area contributed by atoms with Gasteiger partial charge in [-0.1, -0.05) is 19.6 Å². The van der Waals surface area contributed by atoms with E-state index in [1.165, 1.54) is 44.4 Å². The van der Waals surface area contributed by atoms with Crippen molar-refractivity contribution in [2.75, 3.05) is 18.5 Å². The molecule has 25 heavy (non-hydrogen) atoms. The van der Waals surface area contributed by atoms with Gasteiger partial charge in [-0.25, -0.2) is 14.8 Å². The molecule has 2 saturated carbocycles. The number of anilines is 1. The number of esters is 1. The molecule has 6 nitrogen and oxygen atoms in total. The van der Waals surface area contributed by atoms with Crippen molar-refractivity contribution in [3.63, 3.8) is 0 Å². The highest BCUT2D eigenvalue weighted by Crippen LogP contribution is 2.61. The third kappa shape index (κ3) is 3.81. The Hall–Kier alpha value is -2.42. The molecule has 1 unspecified atom stereocenters. The number of carbonyl (C=O) groups excluding carboxylic acids is 1. The maximum atomic E-state index is 12.1. The highest BCUT2D eigenvalue weighted by molar-refractivity contribution is 5.94. The molecule has 1 aromatic heterocycles. The Balaban J connectivity index is 1.63. The molecule has 0 aromatic carbocycles. The maximum absolute atomic E-state index is 12.1. The molecule has 1 aromatic rings. The van der Waals surface area contributed by atoms with Gasteiger partial charge in [-0.2, -0.15) is 5.26 Å². The van der Waals surface area contributed by atoms with Crippen LogP contribution >= 0.6 is 0 Å². The Bertz CT molecular complexity index is 702. The van der Waals surface area contributed by atoms with Crippen molar-refractivity contribution < 1.29 is 9.53 Å². The van der Waals surface area contributed by atoms with Crippen LogP contribution < -0.4 is 5.32 Å². The number of nitrogens with zero attached hydrogens (tertiary/aromatic N) is 3. The number of ether oxygens (including phenoxy) is 1. The predicted octanol–water partition coefficient (Wildman–Crippen LogP) is 3.32. The summed E-state index contributed by atoms with van der Waals surface area (Å²) in [4.78, 5) is 20.2. The Morgan fingerprint density at radius 2 is 2.28 bits per heavy atom. The molecule has 6 heteroatoms. The minimum atomic E-state index is -0.513. The van der Waals surface area contributed by atoms with Gasteiger partial charge in [0.05, 0.1) is 0 Å². The van der Waals surface area contributed by atoms with Gasteiger partial charge in [0.2, 0.25) is 5.82 Å². The molecule has 1 spiro atoms. The first-order chi connectivity index (χ1) is 12.1. The topological polar surface area (TPSA) is 87.9 Å². The van der Waals surface area contributed by atoms with Crippen LogP contribution in [-0.4, -0.2) is 29.1 Å². The van der Waals surface area contributed by atoms with Crippen LogP contribution in [0.25, 0.3) is 0 Å². The summed E-state index contributed by atoms with van der Waals surface area (Å²) >= 11 is 0. The number of nitriles is 1. The molecule has 2 fully saturated rings. The van der Waals surface area contributed by atoms with E-state index >= 15 is 0 Å². The molecular formula is C19H24N4O2. The molecule has 132 valence electrons. The third-order valence-corrected chi connectivity index (χ3v) is 5.70. The van der Waals surface area contributed by atoms with Gasteiger partial charge in [0.1, 0.15) is 24.1 Å². The fourth-order valence-electron chi connectivity index (χ4n) is 3.88. The Morgan fingerprint density at radius 1 is 1.56 bits per heavy atom. The molecule has 0 amide bonds. The summed E-state index contributed by atoms with van der Waals surface area (Å²) in [6, 6.07) is 1.91. The summed E-state index contributed by atoms with van der Waals surface area (Å²) in [7, 11) is 0. The van der Waals surface area contributed by atoms with E-state index in [1.807, 2.05) is 6.07 Å². The minimum absolute atomic E-state index is 0.0390. The van der Waals surface area contributed by atoms with Gasteiger partial charge in [0.25, 0.3) is 0 Å². The van der Waals surface area contributed by atoms with Crippen molar-refractivity contribution in [2.24, 2.45) is 17.3 Å². The molecule has 0 radical (unpaired) electrons. The summed E-state index contributed by atoms with van der Waals surface area (Å²) in [5, 5.41) is 12.3. The van der Waals surface area contributed by atoms with Crippen LogP contribution in [0.4, 0.5) is 5.82 Å². The molecule has 0 saturated heterocycles. The fraction of sp³-hybridized carbons (Fsp3) is 0.579. The second kappa shape index (κ2) is 7.22. The Labute approximate surface area is 148 Å². The molecule has 2 aliphatic carbocycles. The number of nitrogens with one attached hydrogen (secondary N) is 1. The second-order valence-electron chi connectivity index (χ2n) is 7.25. The number of aromatic nitrogens is 2. The second-order valence-corrected chi connectivity index (χ2v) is 7.25. The highest BCUT2D eigenvalue weighted by atomic mass is 16.5. The lowest BCUT2D eigenvalue weighted by atomic mass is 9.78. The van der Waals surface area contributed by atoms with Crippen LogP contribution in [0.3, 0.4) is 0 Å². The average Bonchev–Trinajstić information content (AvgIpc) is 3.27. The summed E-state index contributed by atoms with van der Waals surface area (Å²) in [6.45, 7) is 6.75. The molecule has 1 N–H and O–H groups in total. The van der Waals surface area contributed by atoms with Crippen molar-refractivity contribution in [2.45, 2.75) is 39.0 Å².